The minimum Gasteiger partial charge on any atom is -0.497 e. The van der Waals surface area contributed by atoms with E-state index >= 15 is 0 Å². The standard InChI is InChI=1S/C24H20N4O2/c1-30-20-6-4-5-19(15-20)28-23(26-22-8-3-2-7-21(22)24(28)29)17-9-11-18(12-10-17)27-14-13-25-16-27/h2-16,23,26H,1H3/t23-/m0/s1. The zero-order valence-corrected chi connectivity index (χ0v) is 16.4. The van der Waals surface area contributed by atoms with E-state index in [-0.39, 0.29) is 12.1 Å². The van der Waals surface area contributed by atoms with Crippen molar-refractivity contribution in [2.75, 3.05) is 17.3 Å². The Bertz CT molecular complexity index is 1190. The summed E-state index contributed by atoms with van der Waals surface area (Å²) in [6.07, 6.45) is 5.06. The number of carbonyl (C=O) groups is 1. The van der Waals surface area contributed by atoms with Crippen molar-refractivity contribution in [2.45, 2.75) is 6.17 Å². The lowest BCUT2D eigenvalue weighted by Crippen LogP contribution is -2.43. The molecule has 3 aromatic carbocycles. The number of nitrogens with one attached hydrogen (secondary N) is 1. The van der Waals surface area contributed by atoms with Crippen molar-refractivity contribution >= 4 is 17.3 Å². The zero-order chi connectivity index (χ0) is 20.5. The molecule has 0 radical (unpaired) electrons. The van der Waals surface area contributed by atoms with Gasteiger partial charge in [0.2, 0.25) is 0 Å². The average Bonchev–Trinajstić information content (AvgIpc) is 3.34. The number of ether oxygens (including phenoxy) is 1. The second-order valence-corrected chi connectivity index (χ2v) is 7.03. The van der Waals surface area contributed by atoms with Crippen LogP contribution in [-0.2, 0) is 0 Å². The van der Waals surface area contributed by atoms with Gasteiger partial charge in [-0.05, 0) is 42.0 Å². The second-order valence-electron chi connectivity index (χ2n) is 7.03. The van der Waals surface area contributed by atoms with Gasteiger partial charge in [-0.2, -0.15) is 0 Å². The van der Waals surface area contributed by atoms with E-state index in [1.165, 1.54) is 0 Å². The molecule has 1 atom stereocenters. The first kappa shape index (κ1) is 18.0. The van der Waals surface area contributed by atoms with Gasteiger partial charge < -0.3 is 14.6 Å². The number of anilines is 2. The smallest absolute Gasteiger partial charge is 0.262 e. The van der Waals surface area contributed by atoms with Gasteiger partial charge in [0, 0.05) is 29.8 Å². The summed E-state index contributed by atoms with van der Waals surface area (Å²) in [6.45, 7) is 0. The molecule has 4 aromatic rings. The fourth-order valence-corrected chi connectivity index (χ4v) is 3.75. The van der Waals surface area contributed by atoms with Crippen LogP contribution in [0.2, 0.25) is 0 Å². The second kappa shape index (κ2) is 7.40. The molecule has 1 aliphatic rings. The Hall–Kier alpha value is -4.06. The Morgan fingerprint density at radius 2 is 1.80 bits per heavy atom. The van der Waals surface area contributed by atoms with Crippen molar-refractivity contribution in [3.05, 3.63) is 103 Å². The lowest BCUT2D eigenvalue weighted by molar-refractivity contribution is 0.0975. The molecule has 2 heterocycles. The predicted molar refractivity (Wildman–Crippen MR) is 116 cm³/mol. The molecule has 0 saturated carbocycles. The van der Waals surface area contributed by atoms with E-state index in [1.54, 1.807) is 24.5 Å². The first-order chi connectivity index (χ1) is 14.7. The molecule has 0 saturated heterocycles. The molecular weight excluding hydrogens is 376 g/mol. The third-order valence-corrected chi connectivity index (χ3v) is 5.27. The zero-order valence-electron chi connectivity index (χ0n) is 16.4. The number of imidazole rings is 1. The molecule has 0 unspecified atom stereocenters. The van der Waals surface area contributed by atoms with Gasteiger partial charge in [0.05, 0.1) is 24.7 Å². The summed E-state index contributed by atoms with van der Waals surface area (Å²) in [4.78, 5) is 19.4. The Balaban J connectivity index is 1.59. The highest BCUT2D eigenvalue weighted by Gasteiger charge is 2.34. The number of aromatic nitrogens is 2. The van der Waals surface area contributed by atoms with E-state index in [2.05, 4.69) is 10.3 Å². The Labute approximate surface area is 174 Å². The first-order valence-electron chi connectivity index (χ1n) is 9.66. The van der Waals surface area contributed by atoms with Gasteiger partial charge in [0.25, 0.3) is 5.91 Å². The van der Waals surface area contributed by atoms with Crippen molar-refractivity contribution in [1.29, 1.82) is 0 Å². The topological polar surface area (TPSA) is 59.4 Å². The summed E-state index contributed by atoms with van der Waals surface area (Å²) in [5.41, 5.74) is 4.22. The van der Waals surface area contributed by atoms with Gasteiger partial charge in [0.15, 0.2) is 0 Å². The van der Waals surface area contributed by atoms with E-state index in [9.17, 15) is 4.79 Å². The normalized spacial score (nSPS) is 15.4. The highest BCUT2D eigenvalue weighted by atomic mass is 16.5. The molecule has 0 aliphatic carbocycles. The average molecular weight is 396 g/mol. The molecule has 30 heavy (non-hydrogen) atoms. The number of hydrogen-bond acceptors (Lipinski definition) is 4. The third-order valence-electron chi connectivity index (χ3n) is 5.27. The monoisotopic (exact) mass is 396 g/mol. The maximum absolute atomic E-state index is 13.5. The highest BCUT2D eigenvalue weighted by Crippen LogP contribution is 2.37. The maximum atomic E-state index is 13.5. The van der Waals surface area contributed by atoms with Crippen molar-refractivity contribution in [1.82, 2.24) is 9.55 Å². The number of rotatable bonds is 4. The SMILES string of the molecule is COc1cccc(N2C(=O)c3ccccc3N[C@@H]2c2ccc(-n3ccnc3)cc2)c1. The minimum atomic E-state index is -0.351. The largest absolute Gasteiger partial charge is 0.497 e. The molecule has 0 bridgehead atoms. The van der Waals surface area contributed by atoms with Crippen LogP contribution in [0.4, 0.5) is 11.4 Å². The van der Waals surface area contributed by atoms with Crippen LogP contribution in [0.3, 0.4) is 0 Å². The summed E-state index contributed by atoms with van der Waals surface area (Å²) >= 11 is 0. The molecule has 6 nitrogen and oxygen atoms in total. The Kier molecular flexibility index (Phi) is 4.44. The van der Waals surface area contributed by atoms with Crippen LogP contribution >= 0.6 is 0 Å². The summed E-state index contributed by atoms with van der Waals surface area (Å²) in [7, 11) is 1.62. The molecule has 148 valence electrons. The van der Waals surface area contributed by atoms with Gasteiger partial charge in [0.1, 0.15) is 11.9 Å². The summed E-state index contributed by atoms with van der Waals surface area (Å²) in [5.74, 6) is 0.648. The number of fused-ring (bicyclic) bond motifs is 1. The fraction of sp³-hybridized carbons (Fsp3) is 0.0833. The van der Waals surface area contributed by atoms with Crippen LogP contribution in [0, 0.1) is 0 Å². The number of methoxy groups -OCH3 is 1. The lowest BCUT2D eigenvalue weighted by atomic mass is 10.0. The fourth-order valence-electron chi connectivity index (χ4n) is 3.75. The number of para-hydroxylation sites is 1. The van der Waals surface area contributed by atoms with Crippen LogP contribution in [0.5, 0.6) is 5.75 Å². The molecule has 1 aliphatic heterocycles. The summed E-state index contributed by atoms with van der Waals surface area (Å²) in [5, 5.41) is 3.53. The van der Waals surface area contributed by atoms with E-state index < -0.39 is 0 Å². The third kappa shape index (κ3) is 3.08. The Morgan fingerprint density at radius 3 is 2.57 bits per heavy atom. The van der Waals surface area contributed by atoms with Gasteiger partial charge in [-0.15, -0.1) is 0 Å². The van der Waals surface area contributed by atoms with Gasteiger partial charge in [-0.25, -0.2) is 4.98 Å². The van der Waals surface area contributed by atoms with Crippen LogP contribution in [0.1, 0.15) is 22.1 Å². The minimum absolute atomic E-state index is 0.0544. The van der Waals surface area contributed by atoms with E-state index in [0.29, 0.717) is 11.3 Å². The molecular formula is C24H20N4O2. The number of amides is 1. The number of carbonyl (C=O) groups excluding carboxylic acids is 1. The van der Waals surface area contributed by atoms with Crippen molar-refractivity contribution in [2.24, 2.45) is 0 Å². The van der Waals surface area contributed by atoms with Crippen LogP contribution in [0.25, 0.3) is 5.69 Å². The Morgan fingerprint density at radius 1 is 0.967 bits per heavy atom. The number of nitrogens with zero attached hydrogens (tertiary/aromatic N) is 3. The van der Waals surface area contributed by atoms with Crippen LogP contribution < -0.4 is 15.0 Å². The molecule has 6 heteroatoms. The molecule has 5 rings (SSSR count). The maximum Gasteiger partial charge on any atom is 0.262 e. The number of hydrogen-bond donors (Lipinski definition) is 1. The van der Waals surface area contributed by atoms with Crippen LogP contribution in [0.15, 0.2) is 91.5 Å². The summed E-state index contributed by atoms with van der Waals surface area (Å²) in [6, 6.07) is 23.2. The van der Waals surface area contributed by atoms with Crippen molar-refractivity contribution in [3.63, 3.8) is 0 Å². The predicted octanol–water partition coefficient (Wildman–Crippen LogP) is 4.65. The lowest BCUT2D eigenvalue weighted by Gasteiger charge is -2.38. The molecule has 1 aromatic heterocycles. The van der Waals surface area contributed by atoms with E-state index in [0.717, 1.165) is 22.6 Å². The first-order valence-corrected chi connectivity index (χ1v) is 9.66. The van der Waals surface area contributed by atoms with E-state index in [4.69, 9.17) is 4.74 Å². The van der Waals surface area contributed by atoms with E-state index in [1.807, 2.05) is 83.6 Å². The van der Waals surface area contributed by atoms with Crippen LogP contribution in [-0.4, -0.2) is 22.6 Å². The summed E-state index contributed by atoms with van der Waals surface area (Å²) < 4.78 is 7.32. The van der Waals surface area contributed by atoms with Crippen molar-refractivity contribution < 1.29 is 9.53 Å². The quantitative estimate of drug-likeness (QED) is 0.545. The molecule has 1 N–H and O–H groups in total. The van der Waals surface area contributed by atoms with Gasteiger partial charge in [-0.1, -0.05) is 30.3 Å². The highest BCUT2D eigenvalue weighted by molar-refractivity contribution is 6.12. The molecule has 0 fully saturated rings. The van der Waals surface area contributed by atoms with Gasteiger partial charge in [-0.3, -0.25) is 9.69 Å². The molecule has 0 spiro atoms. The van der Waals surface area contributed by atoms with Gasteiger partial charge >= 0.3 is 0 Å². The van der Waals surface area contributed by atoms with Crippen molar-refractivity contribution in [3.8, 4) is 11.4 Å². The number of benzene rings is 3. The molecule has 1 amide bonds.